The average molecular weight is 319 g/mol. The SMILES string of the molecule is COc1cc(Cl)ccc1C(=O)N1CCC(C)(CN)C1.Cl. The molecule has 1 aliphatic rings. The van der Waals surface area contributed by atoms with Crippen molar-refractivity contribution in [2.45, 2.75) is 13.3 Å². The van der Waals surface area contributed by atoms with Crippen LogP contribution in [0, 0.1) is 5.41 Å². The van der Waals surface area contributed by atoms with E-state index in [-0.39, 0.29) is 23.7 Å². The molecule has 0 aliphatic carbocycles. The third-order valence-electron chi connectivity index (χ3n) is 3.73. The Morgan fingerprint density at radius 1 is 1.55 bits per heavy atom. The van der Waals surface area contributed by atoms with E-state index in [9.17, 15) is 4.79 Å². The van der Waals surface area contributed by atoms with Crippen LogP contribution in [0.2, 0.25) is 5.02 Å². The molecule has 1 unspecified atom stereocenters. The van der Waals surface area contributed by atoms with E-state index >= 15 is 0 Å². The number of amides is 1. The van der Waals surface area contributed by atoms with Gasteiger partial charge in [-0.3, -0.25) is 4.79 Å². The summed E-state index contributed by atoms with van der Waals surface area (Å²) < 4.78 is 5.23. The Hall–Kier alpha value is -0.970. The summed E-state index contributed by atoms with van der Waals surface area (Å²) in [6.45, 7) is 4.13. The molecule has 1 saturated heterocycles. The molecule has 112 valence electrons. The first-order valence-corrected chi connectivity index (χ1v) is 6.70. The zero-order chi connectivity index (χ0) is 14.0. The van der Waals surface area contributed by atoms with Crippen LogP contribution < -0.4 is 10.5 Å². The lowest BCUT2D eigenvalue weighted by atomic mass is 9.90. The molecule has 0 aromatic heterocycles. The number of carbonyl (C=O) groups is 1. The number of nitrogens with two attached hydrogens (primary N) is 1. The molecule has 4 nitrogen and oxygen atoms in total. The average Bonchev–Trinajstić information content (AvgIpc) is 2.81. The fourth-order valence-corrected chi connectivity index (χ4v) is 2.54. The number of hydrogen-bond acceptors (Lipinski definition) is 3. The van der Waals surface area contributed by atoms with Gasteiger partial charge in [0.15, 0.2) is 0 Å². The lowest BCUT2D eigenvalue weighted by molar-refractivity contribution is 0.0773. The number of benzene rings is 1. The van der Waals surface area contributed by atoms with Crippen LogP contribution in [-0.4, -0.2) is 37.6 Å². The van der Waals surface area contributed by atoms with Crippen LogP contribution in [0.3, 0.4) is 0 Å². The van der Waals surface area contributed by atoms with Crippen LogP contribution in [0.1, 0.15) is 23.7 Å². The molecule has 2 rings (SSSR count). The largest absolute Gasteiger partial charge is 0.496 e. The summed E-state index contributed by atoms with van der Waals surface area (Å²) in [5, 5.41) is 0.557. The van der Waals surface area contributed by atoms with Crippen molar-refractivity contribution in [3.8, 4) is 5.75 Å². The molecule has 1 aliphatic heterocycles. The van der Waals surface area contributed by atoms with Gasteiger partial charge >= 0.3 is 0 Å². The molecule has 1 heterocycles. The quantitative estimate of drug-likeness (QED) is 0.932. The highest BCUT2D eigenvalue weighted by atomic mass is 35.5. The summed E-state index contributed by atoms with van der Waals surface area (Å²) in [7, 11) is 1.54. The maximum Gasteiger partial charge on any atom is 0.257 e. The van der Waals surface area contributed by atoms with E-state index in [0.29, 0.717) is 29.4 Å². The first-order chi connectivity index (χ1) is 8.99. The molecule has 1 fully saturated rings. The van der Waals surface area contributed by atoms with Crippen LogP contribution >= 0.6 is 24.0 Å². The number of nitrogens with zero attached hydrogens (tertiary/aromatic N) is 1. The zero-order valence-electron chi connectivity index (χ0n) is 11.7. The van der Waals surface area contributed by atoms with Gasteiger partial charge in [0.25, 0.3) is 5.91 Å². The Morgan fingerprint density at radius 2 is 2.25 bits per heavy atom. The Labute approximate surface area is 130 Å². The van der Waals surface area contributed by atoms with Crippen molar-refractivity contribution >= 4 is 29.9 Å². The number of ether oxygens (including phenoxy) is 1. The van der Waals surface area contributed by atoms with Gasteiger partial charge in [-0.25, -0.2) is 0 Å². The fraction of sp³-hybridized carbons (Fsp3) is 0.500. The number of rotatable bonds is 3. The van der Waals surface area contributed by atoms with Crippen LogP contribution in [0.15, 0.2) is 18.2 Å². The highest BCUT2D eigenvalue weighted by molar-refractivity contribution is 6.30. The van der Waals surface area contributed by atoms with Gasteiger partial charge in [-0.05, 0) is 36.6 Å². The van der Waals surface area contributed by atoms with Gasteiger partial charge in [0.1, 0.15) is 5.75 Å². The fourth-order valence-electron chi connectivity index (χ4n) is 2.38. The van der Waals surface area contributed by atoms with Crippen LogP contribution in [0.5, 0.6) is 5.75 Å². The summed E-state index contributed by atoms with van der Waals surface area (Å²) >= 11 is 5.91. The van der Waals surface area contributed by atoms with Gasteiger partial charge in [-0.1, -0.05) is 18.5 Å². The Morgan fingerprint density at radius 3 is 2.80 bits per heavy atom. The standard InChI is InChI=1S/C14H19ClN2O2.ClH/c1-14(8-16)5-6-17(9-14)13(18)11-4-3-10(15)7-12(11)19-2;/h3-4,7H,5-6,8-9,16H2,1-2H3;1H. The normalized spacial score (nSPS) is 21.5. The molecule has 0 spiro atoms. The third kappa shape index (κ3) is 3.37. The maximum atomic E-state index is 12.5. The van der Waals surface area contributed by atoms with Gasteiger partial charge in [0, 0.05) is 18.1 Å². The molecule has 2 N–H and O–H groups in total. The molecule has 1 aromatic rings. The minimum Gasteiger partial charge on any atom is -0.496 e. The second kappa shape index (κ2) is 6.66. The lowest BCUT2D eigenvalue weighted by Gasteiger charge is -2.23. The Balaban J connectivity index is 0.00000200. The molecule has 1 atom stereocenters. The molecule has 0 saturated carbocycles. The van der Waals surface area contributed by atoms with E-state index in [1.54, 1.807) is 18.2 Å². The van der Waals surface area contributed by atoms with Gasteiger partial charge < -0.3 is 15.4 Å². The number of likely N-dealkylation sites (tertiary alicyclic amines) is 1. The zero-order valence-corrected chi connectivity index (χ0v) is 13.3. The molecule has 20 heavy (non-hydrogen) atoms. The van der Waals surface area contributed by atoms with Crippen molar-refractivity contribution in [2.24, 2.45) is 11.1 Å². The van der Waals surface area contributed by atoms with Crippen LogP contribution in [-0.2, 0) is 0 Å². The van der Waals surface area contributed by atoms with Crippen molar-refractivity contribution < 1.29 is 9.53 Å². The summed E-state index contributed by atoms with van der Waals surface area (Å²) in [5.74, 6) is 0.490. The first kappa shape index (κ1) is 17.1. The van der Waals surface area contributed by atoms with E-state index in [4.69, 9.17) is 22.1 Å². The second-order valence-electron chi connectivity index (χ2n) is 5.34. The molecule has 6 heteroatoms. The molecule has 0 radical (unpaired) electrons. The van der Waals surface area contributed by atoms with E-state index in [2.05, 4.69) is 6.92 Å². The highest BCUT2D eigenvalue weighted by Gasteiger charge is 2.35. The first-order valence-electron chi connectivity index (χ1n) is 6.32. The van der Waals surface area contributed by atoms with E-state index in [0.717, 1.165) is 13.0 Å². The van der Waals surface area contributed by atoms with E-state index in [1.165, 1.54) is 7.11 Å². The van der Waals surface area contributed by atoms with Crippen molar-refractivity contribution in [3.05, 3.63) is 28.8 Å². The summed E-state index contributed by atoms with van der Waals surface area (Å²) in [4.78, 5) is 14.3. The minimum atomic E-state index is -0.0225. The second-order valence-corrected chi connectivity index (χ2v) is 5.77. The summed E-state index contributed by atoms with van der Waals surface area (Å²) in [6.07, 6.45) is 0.936. The van der Waals surface area contributed by atoms with E-state index < -0.39 is 0 Å². The van der Waals surface area contributed by atoms with Crippen molar-refractivity contribution in [1.82, 2.24) is 4.90 Å². The van der Waals surface area contributed by atoms with Crippen molar-refractivity contribution in [2.75, 3.05) is 26.7 Å². The molecule has 1 amide bonds. The predicted molar refractivity (Wildman–Crippen MR) is 82.9 cm³/mol. The van der Waals surface area contributed by atoms with Gasteiger partial charge in [-0.15, -0.1) is 12.4 Å². The maximum absolute atomic E-state index is 12.5. The number of carbonyl (C=O) groups excluding carboxylic acids is 1. The predicted octanol–water partition coefficient (Wildman–Crippen LogP) is 2.58. The molecule has 0 bridgehead atoms. The minimum absolute atomic E-state index is 0. The number of methoxy groups -OCH3 is 1. The molecule has 1 aromatic carbocycles. The topological polar surface area (TPSA) is 55.6 Å². The van der Waals surface area contributed by atoms with Gasteiger partial charge in [-0.2, -0.15) is 0 Å². The Kier molecular flexibility index (Phi) is 5.68. The highest BCUT2D eigenvalue weighted by Crippen LogP contribution is 2.31. The summed E-state index contributed by atoms with van der Waals surface area (Å²) in [6, 6.07) is 5.07. The molecular formula is C14H20Cl2N2O2. The van der Waals surface area contributed by atoms with Gasteiger partial charge in [0.2, 0.25) is 0 Å². The lowest BCUT2D eigenvalue weighted by Crippen LogP contribution is -2.34. The van der Waals surface area contributed by atoms with Crippen molar-refractivity contribution in [3.63, 3.8) is 0 Å². The summed E-state index contributed by atoms with van der Waals surface area (Å²) in [5.41, 5.74) is 6.34. The third-order valence-corrected chi connectivity index (χ3v) is 3.97. The van der Waals surface area contributed by atoms with E-state index in [1.807, 2.05) is 4.90 Å². The van der Waals surface area contributed by atoms with Gasteiger partial charge in [0.05, 0.1) is 12.7 Å². The monoisotopic (exact) mass is 318 g/mol. The van der Waals surface area contributed by atoms with Crippen molar-refractivity contribution in [1.29, 1.82) is 0 Å². The number of hydrogen-bond donors (Lipinski definition) is 1. The van der Waals surface area contributed by atoms with Crippen LogP contribution in [0.4, 0.5) is 0 Å². The number of halogens is 2. The Bertz CT molecular complexity index is 496. The molecular weight excluding hydrogens is 299 g/mol. The smallest absolute Gasteiger partial charge is 0.257 e. The van der Waals surface area contributed by atoms with Crippen LogP contribution in [0.25, 0.3) is 0 Å².